The van der Waals surface area contributed by atoms with Crippen molar-refractivity contribution in [3.05, 3.63) is 48.5 Å². The van der Waals surface area contributed by atoms with Gasteiger partial charge in [0.05, 0.1) is 7.11 Å². The van der Waals surface area contributed by atoms with Crippen LogP contribution in [0.15, 0.2) is 53.4 Å². The summed E-state index contributed by atoms with van der Waals surface area (Å²) in [5.41, 5.74) is 0. The molecule has 0 N–H and O–H groups in total. The average Bonchev–Trinajstić information content (AvgIpc) is 2.31. The largest absolute Gasteiger partial charge is 0.496 e. The van der Waals surface area contributed by atoms with Gasteiger partial charge in [0.2, 0.25) is 0 Å². The van der Waals surface area contributed by atoms with E-state index < -0.39 is 0 Å². The summed E-state index contributed by atoms with van der Waals surface area (Å²) >= 11 is 4.31. The number of benzene rings is 2. The first-order valence-electron chi connectivity index (χ1n) is 4.89. The Hall–Kier alpha value is -1.61. The first-order chi connectivity index (χ1) is 7.79. The third-order valence-corrected chi connectivity index (χ3v) is 2.48. The fourth-order valence-electron chi connectivity index (χ4n) is 1.36. The van der Waals surface area contributed by atoms with Gasteiger partial charge in [-0.15, -0.1) is 12.6 Å². The highest BCUT2D eigenvalue weighted by molar-refractivity contribution is 7.80. The summed E-state index contributed by atoms with van der Waals surface area (Å²) in [6.07, 6.45) is 0. The zero-order valence-corrected chi connectivity index (χ0v) is 9.78. The zero-order chi connectivity index (χ0) is 11.4. The van der Waals surface area contributed by atoms with Crippen molar-refractivity contribution in [3.63, 3.8) is 0 Å². The van der Waals surface area contributed by atoms with Crippen LogP contribution in [-0.4, -0.2) is 7.11 Å². The van der Waals surface area contributed by atoms with Crippen LogP contribution in [-0.2, 0) is 0 Å². The summed E-state index contributed by atoms with van der Waals surface area (Å²) < 4.78 is 10.8. The molecule has 16 heavy (non-hydrogen) atoms. The standard InChI is InChI=1S/C13H12O2S/c1-14-12-8-7-11(9-13(12)16)15-10-5-3-2-4-6-10/h2-9,16H,1H3. The van der Waals surface area contributed by atoms with Crippen molar-refractivity contribution in [2.24, 2.45) is 0 Å². The van der Waals surface area contributed by atoms with Gasteiger partial charge in [-0.3, -0.25) is 0 Å². The SMILES string of the molecule is COc1ccc(Oc2ccccc2)cc1S. The molecular weight excluding hydrogens is 220 g/mol. The van der Waals surface area contributed by atoms with E-state index in [4.69, 9.17) is 9.47 Å². The number of hydrogen-bond acceptors (Lipinski definition) is 3. The minimum Gasteiger partial charge on any atom is -0.496 e. The highest BCUT2D eigenvalue weighted by atomic mass is 32.1. The van der Waals surface area contributed by atoms with Gasteiger partial charge in [0, 0.05) is 4.90 Å². The second-order valence-corrected chi connectivity index (χ2v) is 3.73. The van der Waals surface area contributed by atoms with Crippen molar-refractivity contribution in [3.8, 4) is 17.2 Å². The van der Waals surface area contributed by atoms with Gasteiger partial charge in [0.25, 0.3) is 0 Å². The maximum atomic E-state index is 5.65. The lowest BCUT2D eigenvalue weighted by molar-refractivity contribution is 0.402. The van der Waals surface area contributed by atoms with E-state index >= 15 is 0 Å². The minimum atomic E-state index is 0.740. The van der Waals surface area contributed by atoms with E-state index in [-0.39, 0.29) is 0 Å². The van der Waals surface area contributed by atoms with Crippen molar-refractivity contribution in [2.75, 3.05) is 7.11 Å². The Kier molecular flexibility index (Phi) is 3.37. The van der Waals surface area contributed by atoms with Crippen LogP contribution < -0.4 is 9.47 Å². The Bertz CT molecular complexity index is 469. The molecule has 2 nitrogen and oxygen atoms in total. The van der Waals surface area contributed by atoms with Gasteiger partial charge in [-0.25, -0.2) is 0 Å². The van der Waals surface area contributed by atoms with E-state index in [1.165, 1.54) is 0 Å². The fraction of sp³-hybridized carbons (Fsp3) is 0.0769. The molecule has 2 aromatic rings. The molecule has 0 amide bonds. The van der Waals surface area contributed by atoms with Crippen LogP contribution in [0.25, 0.3) is 0 Å². The lowest BCUT2D eigenvalue weighted by Crippen LogP contribution is -1.87. The molecule has 0 atom stereocenters. The third-order valence-electron chi connectivity index (χ3n) is 2.13. The van der Waals surface area contributed by atoms with Crippen molar-refractivity contribution in [1.82, 2.24) is 0 Å². The van der Waals surface area contributed by atoms with Crippen LogP contribution in [0.4, 0.5) is 0 Å². The molecule has 2 aromatic carbocycles. The van der Waals surface area contributed by atoms with Crippen LogP contribution in [0, 0.1) is 0 Å². The van der Waals surface area contributed by atoms with Gasteiger partial charge >= 0.3 is 0 Å². The molecule has 0 heterocycles. The summed E-state index contributed by atoms with van der Waals surface area (Å²) in [4.78, 5) is 0.760. The van der Waals surface area contributed by atoms with Gasteiger partial charge in [-0.2, -0.15) is 0 Å². The lowest BCUT2D eigenvalue weighted by atomic mass is 10.3. The predicted octanol–water partition coefficient (Wildman–Crippen LogP) is 3.78. The Morgan fingerprint density at radius 1 is 0.938 bits per heavy atom. The summed E-state index contributed by atoms with van der Waals surface area (Å²) in [5.74, 6) is 2.29. The first kappa shape index (κ1) is 10.9. The van der Waals surface area contributed by atoms with Crippen LogP contribution >= 0.6 is 12.6 Å². The van der Waals surface area contributed by atoms with Crippen LogP contribution in [0.1, 0.15) is 0 Å². The number of ether oxygens (including phenoxy) is 2. The number of rotatable bonds is 3. The molecule has 3 heteroatoms. The van der Waals surface area contributed by atoms with Crippen LogP contribution in [0.3, 0.4) is 0 Å². The fourth-order valence-corrected chi connectivity index (χ4v) is 1.65. The van der Waals surface area contributed by atoms with Crippen molar-refractivity contribution in [1.29, 1.82) is 0 Å². The topological polar surface area (TPSA) is 18.5 Å². The molecule has 0 unspecified atom stereocenters. The van der Waals surface area contributed by atoms with Gasteiger partial charge < -0.3 is 9.47 Å². The Labute approximate surface area is 100 Å². The van der Waals surface area contributed by atoms with E-state index in [9.17, 15) is 0 Å². The molecule has 0 spiro atoms. The van der Waals surface area contributed by atoms with E-state index in [1.807, 2.05) is 48.5 Å². The molecule has 0 saturated carbocycles. The highest BCUT2D eigenvalue weighted by Gasteiger charge is 2.02. The number of para-hydroxylation sites is 1. The monoisotopic (exact) mass is 232 g/mol. The number of methoxy groups -OCH3 is 1. The maximum absolute atomic E-state index is 5.65. The third kappa shape index (κ3) is 2.49. The van der Waals surface area contributed by atoms with E-state index in [0.29, 0.717) is 0 Å². The van der Waals surface area contributed by atoms with E-state index in [2.05, 4.69) is 12.6 Å². The Balaban J connectivity index is 2.20. The van der Waals surface area contributed by atoms with E-state index in [0.717, 1.165) is 22.1 Å². The molecule has 0 saturated heterocycles. The molecule has 0 aliphatic rings. The normalized spacial score (nSPS) is 9.88. The zero-order valence-electron chi connectivity index (χ0n) is 8.88. The molecule has 0 fully saturated rings. The van der Waals surface area contributed by atoms with Gasteiger partial charge in [0.15, 0.2) is 0 Å². The smallest absolute Gasteiger partial charge is 0.132 e. The summed E-state index contributed by atoms with van der Waals surface area (Å²) in [6.45, 7) is 0. The van der Waals surface area contributed by atoms with Crippen LogP contribution in [0.2, 0.25) is 0 Å². The number of hydrogen-bond donors (Lipinski definition) is 1. The molecule has 0 aliphatic carbocycles. The molecular formula is C13H12O2S. The van der Waals surface area contributed by atoms with Gasteiger partial charge in [-0.1, -0.05) is 18.2 Å². The summed E-state index contributed by atoms with van der Waals surface area (Å²) in [7, 11) is 1.62. The Morgan fingerprint density at radius 2 is 1.69 bits per heavy atom. The van der Waals surface area contributed by atoms with E-state index in [1.54, 1.807) is 7.11 Å². The molecule has 2 rings (SSSR count). The molecule has 0 aromatic heterocycles. The van der Waals surface area contributed by atoms with Gasteiger partial charge in [-0.05, 0) is 30.3 Å². The first-order valence-corrected chi connectivity index (χ1v) is 5.34. The summed E-state index contributed by atoms with van der Waals surface area (Å²) in [5, 5.41) is 0. The number of thiol groups is 1. The quantitative estimate of drug-likeness (QED) is 0.812. The average molecular weight is 232 g/mol. The maximum Gasteiger partial charge on any atom is 0.132 e. The second-order valence-electron chi connectivity index (χ2n) is 3.25. The van der Waals surface area contributed by atoms with Crippen molar-refractivity contribution >= 4 is 12.6 Å². The van der Waals surface area contributed by atoms with Crippen molar-refractivity contribution in [2.45, 2.75) is 4.90 Å². The molecule has 82 valence electrons. The summed E-state index contributed by atoms with van der Waals surface area (Å²) in [6, 6.07) is 15.1. The highest BCUT2D eigenvalue weighted by Crippen LogP contribution is 2.29. The van der Waals surface area contributed by atoms with Gasteiger partial charge in [0.1, 0.15) is 17.2 Å². The second kappa shape index (κ2) is 4.94. The molecule has 0 aliphatic heterocycles. The Morgan fingerprint density at radius 3 is 2.31 bits per heavy atom. The van der Waals surface area contributed by atoms with Crippen molar-refractivity contribution < 1.29 is 9.47 Å². The predicted molar refractivity (Wildman–Crippen MR) is 66.8 cm³/mol. The molecule has 0 radical (unpaired) electrons. The lowest BCUT2D eigenvalue weighted by Gasteiger charge is -2.08. The molecule has 0 bridgehead atoms. The van der Waals surface area contributed by atoms with Crippen LogP contribution in [0.5, 0.6) is 17.2 Å². The minimum absolute atomic E-state index is 0.740.